The predicted molar refractivity (Wildman–Crippen MR) is 162 cm³/mol. The molecule has 2 saturated heterocycles. The summed E-state index contributed by atoms with van der Waals surface area (Å²) in [6.45, 7) is 6.70. The highest BCUT2D eigenvalue weighted by Crippen LogP contribution is 2.29. The molecule has 2 aliphatic heterocycles. The van der Waals surface area contributed by atoms with Gasteiger partial charge in [0.15, 0.2) is 10.9 Å². The minimum Gasteiger partial charge on any atom is -0.466 e. The third kappa shape index (κ3) is 7.37. The first-order chi connectivity index (χ1) is 20.4. The highest BCUT2D eigenvalue weighted by molar-refractivity contribution is 7.98. The van der Waals surface area contributed by atoms with Crippen molar-refractivity contribution in [2.24, 2.45) is 5.92 Å². The molecule has 0 spiro atoms. The maximum Gasteiger partial charge on any atom is 0.310 e. The van der Waals surface area contributed by atoms with E-state index >= 15 is 0 Å². The molecule has 1 amide bonds. The van der Waals surface area contributed by atoms with Crippen LogP contribution in [0.1, 0.15) is 41.8 Å². The van der Waals surface area contributed by atoms with Crippen LogP contribution in [0, 0.1) is 5.92 Å². The quantitative estimate of drug-likeness (QED) is 0.178. The van der Waals surface area contributed by atoms with Crippen LogP contribution < -0.4 is 9.80 Å². The molecule has 224 valence electrons. The number of hydrogen-bond donors (Lipinski definition) is 0. The summed E-state index contributed by atoms with van der Waals surface area (Å²) in [6, 6.07) is 13.4. The van der Waals surface area contributed by atoms with Gasteiger partial charge in [-0.2, -0.15) is 0 Å². The Hall–Kier alpha value is -3.28. The molecule has 0 aliphatic carbocycles. The number of methoxy groups -OCH3 is 1. The summed E-state index contributed by atoms with van der Waals surface area (Å²) >= 11 is 7.87. The Labute approximate surface area is 255 Å². The van der Waals surface area contributed by atoms with Crippen molar-refractivity contribution in [3.05, 3.63) is 64.7 Å². The average molecular weight is 614 g/mol. The molecule has 0 N–H and O–H groups in total. The summed E-state index contributed by atoms with van der Waals surface area (Å²) in [4.78, 5) is 41.0. The number of halogens is 1. The smallest absolute Gasteiger partial charge is 0.310 e. The summed E-state index contributed by atoms with van der Waals surface area (Å²) in [5, 5.41) is 1.37. The molecule has 2 fully saturated rings. The lowest BCUT2D eigenvalue weighted by molar-refractivity contribution is -0.149. The Balaban J connectivity index is 1.21. The Morgan fingerprint density at radius 2 is 1.86 bits per heavy atom. The van der Waals surface area contributed by atoms with E-state index in [1.807, 2.05) is 24.3 Å². The van der Waals surface area contributed by atoms with Crippen LogP contribution in [0.3, 0.4) is 0 Å². The van der Waals surface area contributed by atoms with Crippen LogP contribution in [0.25, 0.3) is 0 Å². The molecule has 4 heterocycles. The van der Waals surface area contributed by atoms with Crippen molar-refractivity contribution in [3.8, 4) is 0 Å². The van der Waals surface area contributed by atoms with E-state index in [-0.39, 0.29) is 23.6 Å². The van der Waals surface area contributed by atoms with Gasteiger partial charge in [0.25, 0.3) is 5.91 Å². The Morgan fingerprint density at radius 3 is 2.62 bits per heavy atom. The highest BCUT2D eigenvalue weighted by atomic mass is 35.5. The number of piperidine rings is 1. The second kappa shape index (κ2) is 14.3. The maximum absolute atomic E-state index is 13.1. The molecule has 0 radical (unpaired) electrons. The van der Waals surface area contributed by atoms with Gasteiger partial charge in [0, 0.05) is 52.4 Å². The molecule has 1 atom stereocenters. The summed E-state index contributed by atoms with van der Waals surface area (Å²) in [6.07, 6.45) is 1.48. The highest BCUT2D eigenvalue weighted by Gasteiger charge is 2.31. The molecule has 10 nitrogen and oxygen atoms in total. The first-order valence-electron chi connectivity index (χ1n) is 14.2. The maximum atomic E-state index is 13.1. The topological polar surface area (TPSA) is 101 Å². The van der Waals surface area contributed by atoms with Crippen molar-refractivity contribution in [2.45, 2.75) is 37.3 Å². The van der Waals surface area contributed by atoms with Crippen LogP contribution in [0.4, 0.5) is 11.5 Å². The number of ether oxygens (including phenoxy) is 2. The van der Waals surface area contributed by atoms with E-state index in [0.29, 0.717) is 43.0 Å². The molecule has 0 saturated carbocycles. The van der Waals surface area contributed by atoms with Crippen molar-refractivity contribution in [1.29, 1.82) is 0 Å². The SMILES string of the molecule is CCOC(=O)[C@@H]1CCCN(C(=O)c2ccc(CSc3nc(COC)cc(N4CCN(c5ccccc5Cl)CC4)n3)o2)C1. The molecule has 5 rings (SSSR count). The zero-order valence-corrected chi connectivity index (χ0v) is 25.5. The third-order valence-electron chi connectivity index (χ3n) is 7.38. The predicted octanol–water partition coefficient (Wildman–Crippen LogP) is 4.90. The van der Waals surface area contributed by atoms with Crippen molar-refractivity contribution in [2.75, 3.05) is 62.8 Å². The van der Waals surface area contributed by atoms with Crippen LogP contribution in [-0.2, 0) is 26.6 Å². The van der Waals surface area contributed by atoms with Gasteiger partial charge in [0.2, 0.25) is 0 Å². The number of benzene rings is 1. The standard InChI is InChI=1S/C30H36ClN5O5S/c1-3-40-29(38)21-7-6-12-36(18-21)28(37)26-11-10-23(41-26)20-42-30-32-22(19-39-2)17-27(33-30)35-15-13-34(14-16-35)25-9-5-4-8-24(25)31/h4-5,8-11,17,21H,3,6-7,12-16,18-20H2,1-2H3/t21-/m1/s1. The van der Waals surface area contributed by atoms with Gasteiger partial charge in [-0.25, -0.2) is 9.97 Å². The van der Waals surface area contributed by atoms with Crippen LogP contribution in [0.5, 0.6) is 0 Å². The number of hydrogen-bond acceptors (Lipinski definition) is 10. The first kappa shape index (κ1) is 30.2. The van der Waals surface area contributed by atoms with Crippen molar-refractivity contribution < 1.29 is 23.5 Å². The van der Waals surface area contributed by atoms with Crippen LogP contribution in [0.2, 0.25) is 5.02 Å². The number of esters is 1. The first-order valence-corrected chi connectivity index (χ1v) is 15.6. The van der Waals surface area contributed by atoms with Crippen molar-refractivity contribution in [3.63, 3.8) is 0 Å². The number of amides is 1. The largest absolute Gasteiger partial charge is 0.466 e. The van der Waals surface area contributed by atoms with Gasteiger partial charge in [0.1, 0.15) is 11.6 Å². The van der Waals surface area contributed by atoms with E-state index in [0.717, 1.165) is 61.2 Å². The minimum atomic E-state index is -0.294. The fraction of sp³-hybridized carbons (Fsp3) is 0.467. The van der Waals surface area contributed by atoms with Crippen LogP contribution in [-0.4, -0.2) is 79.7 Å². The molecule has 2 aliphatic rings. The minimum absolute atomic E-state index is 0.211. The summed E-state index contributed by atoms with van der Waals surface area (Å²) in [5.74, 6) is 1.49. The summed E-state index contributed by atoms with van der Waals surface area (Å²) in [5.41, 5.74) is 1.85. The lowest BCUT2D eigenvalue weighted by Crippen LogP contribution is -2.47. The average Bonchev–Trinajstić information content (AvgIpc) is 3.49. The van der Waals surface area contributed by atoms with Crippen LogP contribution in [0.15, 0.2) is 52.0 Å². The van der Waals surface area contributed by atoms with Gasteiger partial charge in [-0.3, -0.25) is 9.59 Å². The van der Waals surface area contributed by atoms with Gasteiger partial charge < -0.3 is 28.6 Å². The van der Waals surface area contributed by atoms with Gasteiger partial charge in [-0.1, -0.05) is 35.5 Å². The summed E-state index contributed by atoms with van der Waals surface area (Å²) in [7, 11) is 1.65. The number of likely N-dealkylation sites (tertiary alicyclic amines) is 1. The fourth-order valence-electron chi connectivity index (χ4n) is 5.27. The van der Waals surface area contributed by atoms with E-state index in [1.165, 1.54) is 11.8 Å². The van der Waals surface area contributed by atoms with Gasteiger partial charge in [-0.15, -0.1) is 0 Å². The molecule has 2 aromatic heterocycles. The number of carbonyl (C=O) groups is 2. The van der Waals surface area contributed by atoms with E-state index in [4.69, 9.17) is 30.5 Å². The van der Waals surface area contributed by atoms with E-state index in [2.05, 4.69) is 20.9 Å². The fourth-order valence-corrected chi connectivity index (χ4v) is 6.29. The second-order valence-electron chi connectivity index (χ2n) is 10.3. The number of thioether (sulfide) groups is 1. The van der Waals surface area contributed by atoms with Gasteiger partial charge >= 0.3 is 5.97 Å². The molecule has 0 unspecified atom stereocenters. The molecular weight excluding hydrogens is 578 g/mol. The number of para-hydroxylation sites is 1. The molecule has 3 aromatic rings. The van der Waals surface area contributed by atoms with Crippen LogP contribution >= 0.6 is 23.4 Å². The van der Waals surface area contributed by atoms with Gasteiger partial charge in [-0.05, 0) is 44.0 Å². The Kier molecular flexibility index (Phi) is 10.2. The number of carbonyl (C=O) groups excluding carboxylic acids is 2. The summed E-state index contributed by atoms with van der Waals surface area (Å²) < 4.78 is 16.4. The van der Waals surface area contributed by atoms with E-state index in [1.54, 1.807) is 31.1 Å². The second-order valence-corrected chi connectivity index (χ2v) is 11.6. The normalized spacial score (nSPS) is 17.4. The zero-order valence-electron chi connectivity index (χ0n) is 24.0. The number of rotatable bonds is 10. The number of aromatic nitrogens is 2. The van der Waals surface area contributed by atoms with Crippen molar-refractivity contribution in [1.82, 2.24) is 14.9 Å². The lowest BCUT2D eigenvalue weighted by Gasteiger charge is -2.37. The monoisotopic (exact) mass is 613 g/mol. The van der Waals surface area contributed by atoms with E-state index < -0.39 is 0 Å². The zero-order chi connectivity index (χ0) is 29.5. The third-order valence-corrected chi connectivity index (χ3v) is 8.57. The Bertz CT molecular complexity index is 1380. The number of nitrogens with zero attached hydrogens (tertiary/aromatic N) is 5. The lowest BCUT2D eigenvalue weighted by atomic mass is 9.98. The number of furan rings is 1. The number of anilines is 2. The molecule has 12 heteroatoms. The molecule has 0 bridgehead atoms. The Morgan fingerprint density at radius 1 is 1.07 bits per heavy atom. The van der Waals surface area contributed by atoms with E-state index in [9.17, 15) is 9.59 Å². The molecule has 1 aromatic carbocycles. The number of piperazine rings is 1. The molecule has 42 heavy (non-hydrogen) atoms. The molecular formula is C30H36ClN5O5S. The van der Waals surface area contributed by atoms with Gasteiger partial charge in [0.05, 0.1) is 41.3 Å². The van der Waals surface area contributed by atoms with Crippen molar-refractivity contribution >= 4 is 46.7 Å².